The van der Waals surface area contributed by atoms with Crippen LogP contribution in [0.1, 0.15) is 31.4 Å². The first kappa shape index (κ1) is 32.6. The molecule has 0 aromatic carbocycles. The van der Waals surface area contributed by atoms with Gasteiger partial charge in [0.1, 0.15) is 43.1 Å². The third-order valence-electron chi connectivity index (χ3n) is 6.61. The van der Waals surface area contributed by atoms with Crippen LogP contribution in [0.2, 0.25) is 0 Å². The normalized spacial score (nSPS) is 28.5. The Morgan fingerprint density at radius 2 is 1.98 bits per heavy atom. The Morgan fingerprint density at radius 1 is 1.23 bits per heavy atom. The zero-order valence-corrected chi connectivity index (χ0v) is 23.9. The molecule has 0 bridgehead atoms. The highest BCUT2D eigenvalue weighted by Crippen LogP contribution is 2.49. The average molecular weight is 634 g/mol. The summed E-state index contributed by atoms with van der Waals surface area (Å²) in [6.07, 6.45) is -6.83. The molecular weight excluding hydrogens is 601 g/mol. The number of carbonyl (C=O) groups is 1. The van der Waals surface area contributed by atoms with Crippen molar-refractivity contribution in [3.8, 4) is 0 Å². The van der Waals surface area contributed by atoms with E-state index in [0.29, 0.717) is 0 Å². The molecule has 0 amide bonds. The van der Waals surface area contributed by atoms with Crippen LogP contribution in [0.25, 0.3) is 0 Å². The maximum atomic E-state index is 13.0. The molecule has 20 heteroatoms. The summed E-state index contributed by atoms with van der Waals surface area (Å²) in [4.78, 5) is 64.6. The number of ether oxygens (including phenoxy) is 4. The number of aliphatic hydroxyl groups is 2. The standard InChI is InChI=1S/C23H32N5O14P/c1-3-37-17(31)10-38-19-18(13(8-29)41-21(19)27-5-4-15(24)25-22(27)33)42-43(35,36)39-9-14-12(30)6-16(40-14)28-7-11(2)20(32)26-23(28)34/h4-5,7,12-14,16,18-19,21,29-30H,3,6,8-10H2,1-2H3,(H,35,36)(H2,24,25,33)(H,26,32,34)/t12-,13+,14+,16+,18+,19+,21+/m0/s1. The molecule has 0 spiro atoms. The molecule has 2 aliphatic heterocycles. The summed E-state index contributed by atoms with van der Waals surface area (Å²) in [7, 11) is -5.04. The Morgan fingerprint density at radius 3 is 2.65 bits per heavy atom. The van der Waals surface area contributed by atoms with Crippen molar-refractivity contribution in [2.75, 3.05) is 32.2 Å². The number of aromatic nitrogens is 4. The summed E-state index contributed by atoms with van der Waals surface area (Å²) in [5.74, 6) is -0.889. The number of hydrogen-bond acceptors (Lipinski definition) is 15. The molecule has 2 fully saturated rings. The van der Waals surface area contributed by atoms with Gasteiger partial charge >= 0.3 is 25.2 Å². The number of phosphoric ester groups is 1. The molecule has 2 saturated heterocycles. The van der Waals surface area contributed by atoms with Crippen LogP contribution in [-0.2, 0) is 37.4 Å². The lowest BCUT2D eigenvalue weighted by Crippen LogP contribution is -2.40. The summed E-state index contributed by atoms with van der Waals surface area (Å²) in [6.45, 7) is 0.965. The van der Waals surface area contributed by atoms with Gasteiger partial charge in [0.25, 0.3) is 5.56 Å². The van der Waals surface area contributed by atoms with Crippen molar-refractivity contribution in [3.05, 3.63) is 55.3 Å². The van der Waals surface area contributed by atoms with Gasteiger partial charge in [-0.2, -0.15) is 4.98 Å². The fourth-order valence-corrected chi connectivity index (χ4v) is 5.52. The van der Waals surface area contributed by atoms with Crippen LogP contribution in [0.4, 0.5) is 5.82 Å². The molecule has 6 N–H and O–H groups in total. The van der Waals surface area contributed by atoms with E-state index in [1.165, 1.54) is 25.4 Å². The van der Waals surface area contributed by atoms with Crippen LogP contribution in [0.15, 0.2) is 32.8 Å². The first-order valence-corrected chi connectivity index (χ1v) is 14.5. The monoisotopic (exact) mass is 633 g/mol. The lowest BCUT2D eigenvalue weighted by molar-refractivity contribution is -0.154. The third kappa shape index (κ3) is 7.64. The predicted molar refractivity (Wildman–Crippen MR) is 142 cm³/mol. The number of nitrogens with two attached hydrogens (primary N) is 1. The Kier molecular flexibility index (Phi) is 10.3. The van der Waals surface area contributed by atoms with Crippen LogP contribution in [0.3, 0.4) is 0 Å². The molecule has 4 rings (SSSR count). The average Bonchev–Trinajstić information content (AvgIpc) is 3.47. The lowest BCUT2D eigenvalue weighted by Gasteiger charge is -2.26. The van der Waals surface area contributed by atoms with Crippen LogP contribution >= 0.6 is 7.82 Å². The van der Waals surface area contributed by atoms with Gasteiger partial charge in [0.05, 0.1) is 25.9 Å². The van der Waals surface area contributed by atoms with Gasteiger partial charge in [-0.25, -0.2) is 18.9 Å². The second kappa shape index (κ2) is 13.6. The molecule has 0 saturated carbocycles. The second-order valence-corrected chi connectivity index (χ2v) is 11.0. The number of nitrogens with one attached hydrogen (secondary N) is 1. The highest BCUT2D eigenvalue weighted by molar-refractivity contribution is 7.47. The van der Waals surface area contributed by atoms with Crippen LogP contribution in [0.5, 0.6) is 0 Å². The fourth-order valence-electron chi connectivity index (χ4n) is 4.56. The first-order chi connectivity index (χ1) is 20.3. The Hall–Kier alpha value is -3.26. The Labute approximate surface area is 242 Å². The first-order valence-electron chi connectivity index (χ1n) is 13.0. The number of anilines is 1. The van der Waals surface area contributed by atoms with Gasteiger partial charge in [-0.15, -0.1) is 0 Å². The van der Waals surface area contributed by atoms with Crippen molar-refractivity contribution in [1.29, 1.82) is 0 Å². The molecule has 2 aliphatic rings. The van der Waals surface area contributed by atoms with Crippen molar-refractivity contribution in [3.63, 3.8) is 0 Å². The number of aromatic amines is 1. The topological polar surface area (TPSA) is 266 Å². The summed E-state index contributed by atoms with van der Waals surface area (Å²) in [5.41, 5.74) is 3.52. The van der Waals surface area contributed by atoms with E-state index in [1.807, 2.05) is 0 Å². The molecule has 238 valence electrons. The molecule has 2 aromatic rings. The third-order valence-corrected chi connectivity index (χ3v) is 7.59. The molecular formula is C23H32N5O14P. The van der Waals surface area contributed by atoms with Gasteiger partial charge in [-0.05, 0) is 19.9 Å². The molecule has 19 nitrogen and oxygen atoms in total. The van der Waals surface area contributed by atoms with E-state index in [-0.39, 0.29) is 24.4 Å². The number of nitrogens with zero attached hydrogens (tertiary/aromatic N) is 3. The number of phosphoric acid groups is 1. The number of aryl methyl sites for hydroxylation is 1. The van der Waals surface area contributed by atoms with Crippen LogP contribution < -0.4 is 22.7 Å². The van der Waals surface area contributed by atoms with E-state index in [9.17, 15) is 38.8 Å². The van der Waals surface area contributed by atoms with E-state index in [2.05, 4.69) is 9.97 Å². The van der Waals surface area contributed by atoms with Crippen molar-refractivity contribution in [2.45, 2.75) is 63.2 Å². The van der Waals surface area contributed by atoms with Gasteiger partial charge in [-0.1, -0.05) is 0 Å². The van der Waals surface area contributed by atoms with Gasteiger partial charge in [0.15, 0.2) is 6.23 Å². The van der Waals surface area contributed by atoms with E-state index in [0.717, 1.165) is 9.13 Å². The summed E-state index contributed by atoms with van der Waals surface area (Å²) in [6, 6.07) is 1.28. The predicted octanol–water partition coefficient (Wildman–Crippen LogP) is -2.33. The Bertz CT molecular complexity index is 1530. The van der Waals surface area contributed by atoms with E-state index >= 15 is 0 Å². The smallest absolute Gasteiger partial charge is 0.464 e. The maximum Gasteiger partial charge on any atom is 0.472 e. The highest BCUT2D eigenvalue weighted by Gasteiger charge is 2.51. The number of aliphatic hydroxyl groups excluding tert-OH is 2. The quantitative estimate of drug-likeness (QED) is 0.121. The highest BCUT2D eigenvalue weighted by atomic mass is 31.2. The number of carbonyl (C=O) groups excluding carboxylic acids is 1. The van der Waals surface area contributed by atoms with Crippen molar-refractivity contribution < 1.29 is 52.5 Å². The summed E-state index contributed by atoms with van der Waals surface area (Å²) >= 11 is 0. The fraction of sp³-hybridized carbons (Fsp3) is 0.609. The van der Waals surface area contributed by atoms with Crippen LogP contribution in [-0.4, -0.2) is 97.1 Å². The summed E-state index contributed by atoms with van der Waals surface area (Å²) < 4.78 is 47.1. The van der Waals surface area contributed by atoms with Crippen molar-refractivity contribution in [2.24, 2.45) is 0 Å². The lowest BCUT2D eigenvalue weighted by atomic mass is 10.1. The minimum Gasteiger partial charge on any atom is -0.464 e. The van der Waals surface area contributed by atoms with Gasteiger partial charge < -0.3 is 39.8 Å². The molecule has 0 radical (unpaired) electrons. The summed E-state index contributed by atoms with van der Waals surface area (Å²) in [5, 5.41) is 20.4. The number of nitrogen functional groups attached to an aromatic ring is 1. The van der Waals surface area contributed by atoms with Gasteiger partial charge in [0.2, 0.25) is 0 Å². The number of H-pyrrole nitrogens is 1. The number of esters is 1. The SMILES string of the molecule is CCOC(=O)CO[C@@H]1[C@H](OP(=O)(O)OC[C@H]2O[C@@H](n3cc(C)c(=O)[nH]c3=O)C[C@@H]2O)[C@@H](CO)O[C@H]1n1ccc(N)nc1=O. The van der Waals surface area contributed by atoms with Gasteiger partial charge in [-0.3, -0.25) is 28.0 Å². The van der Waals surface area contributed by atoms with Gasteiger partial charge in [0, 0.05) is 24.4 Å². The molecule has 2 aromatic heterocycles. The zero-order valence-electron chi connectivity index (χ0n) is 23.0. The minimum absolute atomic E-state index is 0.0411. The number of hydrogen-bond donors (Lipinski definition) is 5. The van der Waals surface area contributed by atoms with Crippen LogP contribution in [0, 0.1) is 6.92 Å². The number of rotatable bonds is 12. The zero-order chi connectivity index (χ0) is 31.5. The Balaban J connectivity index is 1.49. The molecule has 1 unspecified atom stereocenters. The van der Waals surface area contributed by atoms with E-state index in [4.69, 9.17) is 33.7 Å². The van der Waals surface area contributed by atoms with E-state index < -0.39 is 93.5 Å². The largest absolute Gasteiger partial charge is 0.472 e. The molecule has 8 atom stereocenters. The molecule has 43 heavy (non-hydrogen) atoms. The minimum atomic E-state index is -5.04. The maximum absolute atomic E-state index is 13.0. The van der Waals surface area contributed by atoms with Crippen molar-refractivity contribution in [1.82, 2.24) is 19.1 Å². The van der Waals surface area contributed by atoms with Crippen molar-refractivity contribution >= 4 is 19.6 Å². The molecule has 4 heterocycles. The second-order valence-electron chi connectivity index (χ2n) is 9.62. The molecule has 0 aliphatic carbocycles. The van der Waals surface area contributed by atoms with E-state index in [1.54, 1.807) is 6.92 Å².